The van der Waals surface area contributed by atoms with Gasteiger partial charge in [-0.05, 0) is 94.8 Å². The van der Waals surface area contributed by atoms with Crippen molar-refractivity contribution in [3.63, 3.8) is 0 Å². The molecule has 0 aromatic heterocycles. The van der Waals surface area contributed by atoms with Gasteiger partial charge in [-0.3, -0.25) is 9.59 Å². The molecule has 1 N–H and O–H groups in total. The molecule has 0 unspecified atom stereocenters. The molecule has 0 spiro atoms. The SMILES string of the molecule is C\C(=C/C=C/C=C1\N(CCOC=O)c2c(F)cccc2C1(Cc1ccccc1)Cc1ccccc1)C1=[N+](CCC(=O)O)c2c(c3ccccc3c3ccccc23)C1(Cc1ccccc1)Cc1ccccc1. The number of para-hydroxylation sites is 1. The molecule has 2 heterocycles. The minimum atomic E-state index is -0.862. The number of carboxylic acids is 1. The Morgan fingerprint density at radius 1 is 0.620 bits per heavy atom. The van der Waals surface area contributed by atoms with Crippen molar-refractivity contribution in [2.75, 3.05) is 24.6 Å². The molecule has 0 bridgehead atoms. The van der Waals surface area contributed by atoms with Gasteiger partial charge in [0, 0.05) is 22.2 Å². The molecule has 352 valence electrons. The van der Waals surface area contributed by atoms with Gasteiger partial charge in [-0.1, -0.05) is 194 Å². The van der Waals surface area contributed by atoms with E-state index in [0.717, 1.165) is 60.9 Å². The molecule has 0 saturated carbocycles. The zero-order valence-electron chi connectivity index (χ0n) is 39.9. The van der Waals surface area contributed by atoms with Crippen molar-refractivity contribution >= 4 is 51.1 Å². The number of rotatable bonds is 18. The van der Waals surface area contributed by atoms with Crippen molar-refractivity contribution in [1.29, 1.82) is 0 Å². The lowest BCUT2D eigenvalue weighted by Crippen LogP contribution is -2.41. The average Bonchev–Trinajstić information content (AvgIpc) is 3.81. The van der Waals surface area contributed by atoms with Crippen LogP contribution in [-0.4, -0.2) is 47.5 Å². The third kappa shape index (κ3) is 9.00. The van der Waals surface area contributed by atoms with Crippen LogP contribution in [0.5, 0.6) is 0 Å². The van der Waals surface area contributed by atoms with Gasteiger partial charge in [-0.25, -0.2) is 4.39 Å². The third-order valence-electron chi connectivity index (χ3n) is 14.5. The second kappa shape index (κ2) is 20.4. The molecule has 7 heteroatoms. The number of carboxylic acid groups (broad SMARTS) is 1. The van der Waals surface area contributed by atoms with Gasteiger partial charge in [0.15, 0.2) is 12.3 Å². The highest BCUT2D eigenvalue weighted by Gasteiger charge is 2.55. The fraction of sp³-hybridized carbons (Fsp3) is 0.172. The molecule has 71 heavy (non-hydrogen) atoms. The van der Waals surface area contributed by atoms with E-state index < -0.39 is 16.8 Å². The summed E-state index contributed by atoms with van der Waals surface area (Å²) in [4.78, 5) is 26.2. The third-order valence-corrected chi connectivity index (χ3v) is 14.5. The van der Waals surface area contributed by atoms with Crippen LogP contribution in [0.25, 0.3) is 21.5 Å². The maximum absolute atomic E-state index is 16.5. The molecule has 0 atom stereocenters. The van der Waals surface area contributed by atoms with Crippen molar-refractivity contribution in [1.82, 2.24) is 0 Å². The number of carbonyl (C=O) groups excluding carboxylic acids is 1. The summed E-state index contributed by atoms with van der Waals surface area (Å²) in [5.74, 6) is -1.20. The normalized spacial score (nSPS) is 15.4. The van der Waals surface area contributed by atoms with Crippen LogP contribution in [-0.2, 0) is 50.8 Å². The molecule has 8 aromatic rings. The van der Waals surface area contributed by atoms with Gasteiger partial charge in [0.2, 0.25) is 5.69 Å². The van der Waals surface area contributed by atoms with Gasteiger partial charge in [0.1, 0.15) is 18.8 Å². The number of benzene rings is 8. The van der Waals surface area contributed by atoms with Crippen LogP contribution >= 0.6 is 0 Å². The molecular formula is C64H56FN2O4+. The van der Waals surface area contributed by atoms with E-state index in [9.17, 15) is 14.7 Å². The topological polar surface area (TPSA) is 69.8 Å². The van der Waals surface area contributed by atoms with Gasteiger partial charge < -0.3 is 14.7 Å². The Morgan fingerprint density at radius 2 is 1.11 bits per heavy atom. The molecule has 0 saturated heterocycles. The maximum Gasteiger partial charge on any atom is 0.309 e. The van der Waals surface area contributed by atoms with E-state index in [-0.39, 0.29) is 31.9 Å². The van der Waals surface area contributed by atoms with Gasteiger partial charge in [-0.2, -0.15) is 4.58 Å². The number of hydrogen-bond acceptors (Lipinski definition) is 4. The van der Waals surface area contributed by atoms with Gasteiger partial charge >= 0.3 is 5.97 Å². The van der Waals surface area contributed by atoms with Crippen LogP contribution in [0.4, 0.5) is 15.8 Å². The Hall–Kier alpha value is -8.16. The van der Waals surface area contributed by atoms with Crippen molar-refractivity contribution in [3.05, 3.63) is 263 Å². The molecule has 2 aliphatic heterocycles. The van der Waals surface area contributed by atoms with Crippen LogP contribution in [0.15, 0.2) is 224 Å². The van der Waals surface area contributed by atoms with Gasteiger partial charge in [0.05, 0.1) is 23.0 Å². The first kappa shape index (κ1) is 46.6. The van der Waals surface area contributed by atoms with Crippen molar-refractivity contribution in [2.45, 2.75) is 49.9 Å². The summed E-state index contributed by atoms with van der Waals surface area (Å²) in [6.45, 7) is 3.19. The smallest absolute Gasteiger partial charge is 0.309 e. The number of ether oxygens (including phenoxy) is 1. The number of allylic oxidation sites excluding steroid dienone is 6. The zero-order chi connectivity index (χ0) is 48.8. The molecule has 10 rings (SSSR count). The van der Waals surface area contributed by atoms with Gasteiger partial charge in [-0.15, -0.1) is 0 Å². The second-order valence-electron chi connectivity index (χ2n) is 18.8. The molecular weight excluding hydrogens is 880 g/mol. The number of hydrogen-bond donors (Lipinski definition) is 1. The molecule has 0 aliphatic carbocycles. The van der Waals surface area contributed by atoms with E-state index >= 15 is 4.39 Å². The largest absolute Gasteiger partial charge is 0.481 e. The maximum atomic E-state index is 16.5. The lowest BCUT2D eigenvalue weighted by atomic mass is 9.66. The van der Waals surface area contributed by atoms with Crippen LogP contribution in [0.1, 0.15) is 46.7 Å². The highest BCUT2D eigenvalue weighted by molar-refractivity contribution is 6.20. The summed E-state index contributed by atoms with van der Waals surface area (Å²) in [5.41, 5.74) is 9.79. The summed E-state index contributed by atoms with van der Waals surface area (Å²) in [6, 6.07) is 64.5. The lowest BCUT2D eigenvalue weighted by molar-refractivity contribution is -0.435. The highest BCUT2D eigenvalue weighted by atomic mass is 19.1. The molecule has 6 nitrogen and oxygen atoms in total. The molecule has 8 aromatic carbocycles. The Kier molecular flexibility index (Phi) is 13.4. The van der Waals surface area contributed by atoms with E-state index in [1.807, 2.05) is 53.4 Å². The lowest BCUT2D eigenvalue weighted by Gasteiger charge is -2.34. The van der Waals surface area contributed by atoms with Crippen molar-refractivity contribution < 1.29 is 28.4 Å². The van der Waals surface area contributed by atoms with E-state index in [4.69, 9.17) is 4.74 Å². The summed E-state index contributed by atoms with van der Waals surface area (Å²) in [5, 5.41) is 14.9. The summed E-state index contributed by atoms with van der Waals surface area (Å²) >= 11 is 0. The quantitative estimate of drug-likeness (QED) is 0.0305. The number of nitrogens with zero attached hydrogens (tertiary/aromatic N) is 2. The predicted molar refractivity (Wildman–Crippen MR) is 284 cm³/mol. The van der Waals surface area contributed by atoms with Crippen LogP contribution in [0.2, 0.25) is 0 Å². The van der Waals surface area contributed by atoms with Crippen LogP contribution in [0, 0.1) is 5.82 Å². The monoisotopic (exact) mass is 935 g/mol. The molecule has 0 fully saturated rings. The summed E-state index contributed by atoms with van der Waals surface area (Å²) in [6.07, 6.45) is 10.8. The zero-order valence-corrected chi connectivity index (χ0v) is 39.9. The standard InChI is InChI=1S/C64H55FN2O4/c1-46(21-14-19-36-57-63(41-47-22-6-2-7-23-47,42-48-24-8-3-9-25-48)55-34-20-35-56(65)61(55)66(57)39-40-71-45-68)62-64(43-49-26-10-4-11-27-49,44-50-28-12-5-13-29-50)59-53-32-17-15-30-51(53)52-31-16-18-33-54(52)60(59)67(62)38-37-58(69)70/h2-36,45H,37-44H2,1H3/p+1. The average molecular weight is 936 g/mol. The van der Waals surface area contributed by atoms with Crippen LogP contribution in [0.3, 0.4) is 0 Å². The fourth-order valence-electron chi connectivity index (χ4n) is 11.8. The molecule has 2 aliphatic rings. The molecule has 0 amide bonds. The fourth-order valence-corrected chi connectivity index (χ4v) is 11.8. The van der Waals surface area contributed by atoms with Crippen LogP contribution < -0.4 is 4.90 Å². The van der Waals surface area contributed by atoms with E-state index in [0.29, 0.717) is 37.8 Å². The van der Waals surface area contributed by atoms with Gasteiger partial charge in [0.25, 0.3) is 6.47 Å². The number of aliphatic carboxylic acids is 1. The number of anilines is 1. The second-order valence-corrected chi connectivity index (χ2v) is 18.8. The minimum absolute atomic E-state index is 0.0578. The Bertz CT molecular complexity index is 3280. The van der Waals surface area contributed by atoms with Crippen molar-refractivity contribution in [3.8, 4) is 0 Å². The number of carbonyl (C=O) groups is 2. The van der Waals surface area contributed by atoms with E-state index in [1.54, 1.807) is 6.07 Å². The van der Waals surface area contributed by atoms with Crippen molar-refractivity contribution in [2.24, 2.45) is 0 Å². The van der Waals surface area contributed by atoms with E-state index in [1.165, 1.54) is 22.8 Å². The molecule has 0 radical (unpaired) electrons. The first-order valence-electron chi connectivity index (χ1n) is 24.5. The Balaban J connectivity index is 1.20. The first-order chi connectivity index (χ1) is 34.8. The Morgan fingerprint density at radius 3 is 1.65 bits per heavy atom. The highest BCUT2D eigenvalue weighted by Crippen LogP contribution is 2.54. The minimum Gasteiger partial charge on any atom is -0.481 e. The number of fused-ring (bicyclic) bond motifs is 7. The Labute approximate surface area is 415 Å². The van der Waals surface area contributed by atoms with E-state index in [2.05, 4.69) is 163 Å². The summed E-state index contributed by atoms with van der Waals surface area (Å²) in [7, 11) is 0. The number of halogens is 1. The predicted octanol–water partition coefficient (Wildman–Crippen LogP) is 13.2. The first-order valence-corrected chi connectivity index (χ1v) is 24.5. The summed E-state index contributed by atoms with van der Waals surface area (Å²) < 4.78 is 24.1.